The molecule has 36 heavy (non-hydrogen) atoms. The summed E-state index contributed by atoms with van der Waals surface area (Å²) in [6.07, 6.45) is 0.859. The van der Waals surface area contributed by atoms with Gasteiger partial charge in [-0.1, -0.05) is 60.7 Å². The van der Waals surface area contributed by atoms with Gasteiger partial charge in [0.05, 0.1) is 10.9 Å². The molecule has 2 atom stereocenters. The van der Waals surface area contributed by atoms with Crippen molar-refractivity contribution in [1.82, 2.24) is 19.4 Å². The summed E-state index contributed by atoms with van der Waals surface area (Å²) in [5.41, 5.74) is 0.854. The van der Waals surface area contributed by atoms with Gasteiger partial charge in [0.15, 0.2) is 0 Å². The molecule has 4 rings (SSSR count). The number of rotatable bonds is 7. The highest BCUT2D eigenvalue weighted by Gasteiger charge is 2.36. The normalized spacial score (nSPS) is 16.6. The molecule has 1 fully saturated rings. The second kappa shape index (κ2) is 10.7. The van der Waals surface area contributed by atoms with Crippen LogP contribution in [0.2, 0.25) is 0 Å². The van der Waals surface area contributed by atoms with Gasteiger partial charge in [0, 0.05) is 34.2 Å². The van der Waals surface area contributed by atoms with Gasteiger partial charge in [-0.05, 0) is 41.3 Å². The first-order chi connectivity index (χ1) is 17.2. The number of amides is 3. The molecule has 0 radical (unpaired) electrons. The molecule has 1 aliphatic heterocycles. The molecule has 3 aromatic carbocycles. The highest BCUT2D eigenvalue weighted by molar-refractivity contribution is 7.89. The molecule has 0 saturated carbocycles. The summed E-state index contributed by atoms with van der Waals surface area (Å²) in [5, 5.41) is 1.75. The molecule has 3 aromatic rings. The highest BCUT2D eigenvalue weighted by Crippen LogP contribution is 2.21. The molecule has 1 N–H and O–H groups in total. The number of hydrogen-bond acceptors (Lipinski definition) is 4. The average Bonchev–Trinajstić information content (AvgIpc) is 3.37. The van der Waals surface area contributed by atoms with Crippen LogP contribution < -0.4 is 4.72 Å². The van der Waals surface area contributed by atoms with Gasteiger partial charge in [-0.15, -0.1) is 0 Å². The SMILES string of the molecule is CN(C)C(=O)N(C)C1CCN(C(=O)C(Cc2ccccc2)NS(=O)(=O)c2ccc3ccccc3c2)C1. The lowest BCUT2D eigenvalue weighted by Gasteiger charge is -2.28. The number of carbonyl (C=O) groups is 2. The Hall–Kier alpha value is -3.43. The number of benzene rings is 3. The van der Waals surface area contributed by atoms with Gasteiger partial charge in [-0.25, -0.2) is 13.2 Å². The molecule has 190 valence electrons. The Bertz CT molecular complexity index is 1340. The Labute approximate surface area is 212 Å². The van der Waals surface area contributed by atoms with Gasteiger partial charge in [0.1, 0.15) is 6.04 Å². The monoisotopic (exact) mass is 508 g/mol. The fraction of sp³-hybridized carbons (Fsp3) is 0.333. The lowest BCUT2D eigenvalue weighted by molar-refractivity contribution is -0.132. The lowest BCUT2D eigenvalue weighted by atomic mass is 10.1. The van der Waals surface area contributed by atoms with E-state index in [-0.39, 0.29) is 29.3 Å². The van der Waals surface area contributed by atoms with Crippen molar-refractivity contribution >= 4 is 32.7 Å². The predicted molar refractivity (Wildman–Crippen MR) is 140 cm³/mol. The summed E-state index contributed by atoms with van der Waals surface area (Å²) in [6, 6.07) is 20.6. The summed E-state index contributed by atoms with van der Waals surface area (Å²) < 4.78 is 29.5. The van der Waals surface area contributed by atoms with Crippen LogP contribution in [0.5, 0.6) is 0 Å². The summed E-state index contributed by atoms with van der Waals surface area (Å²) in [6.45, 7) is 0.815. The van der Waals surface area contributed by atoms with Gasteiger partial charge in [-0.3, -0.25) is 4.79 Å². The first-order valence-electron chi connectivity index (χ1n) is 11.9. The van der Waals surface area contributed by atoms with Gasteiger partial charge in [0.25, 0.3) is 0 Å². The fourth-order valence-electron chi connectivity index (χ4n) is 4.57. The van der Waals surface area contributed by atoms with E-state index in [0.717, 1.165) is 16.3 Å². The quantitative estimate of drug-likeness (QED) is 0.531. The minimum Gasteiger partial charge on any atom is -0.339 e. The molecule has 1 saturated heterocycles. The zero-order valence-corrected chi connectivity index (χ0v) is 21.6. The van der Waals surface area contributed by atoms with E-state index in [1.54, 1.807) is 49.1 Å². The minimum absolute atomic E-state index is 0.114. The van der Waals surface area contributed by atoms with Crippen LogP contribution in [0.3, 0.4) is 0 Å². The maximum Gasteiger partial charge on any atom is 0.319 e. The number of likely N-dealkylation sites (tertiary alicyclic amines) is 1. The molecule has 1 heterocycles. The Morgan fingerprint density at radius 2 is 1.64 bits per heavy atom. The number of likely N-dealkylation sites (N-methyl/N-ethyl adjacent to an activating group) is 1. The molecule has 9 heteroatoms. The van der Waals surface area contributed by atoms with E-state index in [9.17, 15) is 18.0 Å². The van der Waals surface area contributed by atoms with E-state index in [0.29, 0.717) is 19.5 Å². The molecule has 3 amide bonds. The van der Waals surface area contributed by atoms with Crippen LogP contribution in [0.1, 0.15) is 12.0 Å². The number of fused-ring (bicyclic) bond motifs is 1. The van der Waals surface area contributed by atoms with Crippen molar-refractivity contribution < 1.29 is 18.0 Å². The molecule has 0 spiro atoms. The van der Waals surface area contributed by atoms with Crippen LogP contribution in [0.15, 0.2) is 77.7 Å². The zero-order chi connectivity index (χ0) is 25.9. The maximum atomic E-state index is 13.6. The molecule has 0 bridgehead atoms. The fourth-order valence-corrected chi connectivity index (χ4v) is 5.79. The Morgan fingerprint density at radius 3 is 2.33 bits per heavy atom. The van der Waals surface area contributed by atoms with Crippen LogP contribution in [-0.2, 0) is 21.2 Å². The summed E-state index contributed by atoms with van der Waals surface area (Å²) >= 11 is 0. The van der Waals surface area contributed by atoms with E-state index < -0.39 is 16.1 Å². The number of sulfonamides is 1. The molecule has 0 aromatic heterocycles. The van der Waals surface area contributed by atoms with Gasteiger partial charge >= 0.3 is 6.03 Å². The summed E-state index contributed by atoms with van der Waals surface area (Å²) in [7, 11) is 1.14. The van der Waals surface area contributed by atoms with Gasteiger partial charge in [0.2, 0.25) is 15.9 Å². The maximum absolute atomic E-state index is 13.6. The summed E-state index contributed by atoms with van der Waals surface area (Å²) in [4.78, 5) is 30.9. The molecule has 0 aliphatic carbocycles. The van der Waals surface area contributed by atoms with Crippen molar-refractivity contribution in [3.05, 3.63) is 78.4 Å². The standard InChI is InChI=1S/C27H32N4O4S/c1-29(2)27(33)30(3)23-15-16-31(19-23)26(32)25(17-20-9-5-4-6-10-20)28-36(34,35)24-14-13-21-11-7-8-12-22(21)18-24/h4-14,18,23,25,28H,15-17,19H2,1-3H3. The van der Waals surface area contributed by atoms with Crippen molar-refractivity contribution in [2.24, 2.45) is 0 Å². The first-order valence-corrected chi connectivity index (χ1v) is 13.4. The number of nitrogens with zero attached hydrogens (tertiary/aromatic N) is 3. The third-order valence-electron chi connectivity index (χ3n) is 6.62. The Morgan fingerprint density at radius 1 is 0.972 bits per heavy atom. The topological polar surface area (TPSA) is 90.0 Å². The van der Waals surface area contributed by atoms with Crippen molar-refractivity contribution in [2.45, 2.75) is 29.8 Å². The first kappa shape index (κ1) is 25.7. The smallest absolute Gasteiger partial charge is 0.319 e. The molecular formula is C27H32N4O4S. The van der Waals surface area contributed by atoms with E-state index >= 15 is 0 Å². The number of nitrogens with one attached hydrogen (secondary N) is 1. The third-order valence-corrected chi connectivity index (χ3v) is 8.09. The summed E-state index contributed by atoms with van der Waals surface area (Å²) in [5.74, 6) is -0.295. The number of urea groups is 1. The third kappa shape index (κ3) is 5.68. The number of carbonyl (C=O) groups excluding carboxylic acids is 2. The van der Waals surface area contributed by atoms with Crippen molar-refractivity contribution in [1.29, 1.82) is 0 Å². The largest absolute Gasteiger partial charge is 0.339 e. The molecule has 1 aliphatic rings. The van der Waals surface area contributed by atoms with Crippen LogP contribution in [0.4, 0.5) is 4.79 Å². The molecular weight excluding hydrogens is 476 g/mol. The Kier molecular flexibility index (Phi) is 7.61. The second-order valence-corrected chi connectivity index (χ2v) is 11.1. The van der Waals surface area contributed by atoms with Crippen LogP contribution >= 0.6 is 0 Å². The van der Waals surface area contributed by atoms with Crippen molar-refractivity contribution in [2.75, 3.05) is 34.2 Å². The van der Waals surface area contributed by atoms with E-state index in [4.69, 9.17) is 0 Å². The predicted octanol–water partition coefficient (Wildman–Crippen LogP) is 2.94. The van der Waals surface area contributed by atoms with Crippen molar-refractivity contribution in [3.63, 3.8) is 0 Å². The Balaban J connectivity index is 1.57. The average molecular weight is 509 g/mol. The van der Waals surface area contributed by atoms with Gasteiger partial charge in [-0.2, -0.15) is 4.72 Å². The molecule has 8 nitrogen and oxygen atoms in total. The van der Waals surface area contributed by atoms with E-state index in [1.165, 1.54) is 4.90 Å². The van der Waals surface area contributed by atoms with Crippen molar-refractivity contribution in [3.8, 4) is 0 Å². The number of hydrogen-bond donors (Lipinski definition) is 1. The van der Waals surface area contributed by atoms with Crippen LogP contribution in [0, 0.1) is 0 Å². The van der Waals surface area contributed by atoms with Gasteiger partial charge < -0.3 is 14.7 Å². The van der Waals surface area contributed by atoms with Crippen LogP contribution in [-0.4, -0.2) is 81.4 Å². The van der Waals surface area contributed by atoms with E-state index in [2.05, 4.69) is 4.72 Å². The minimum atomic E-state index is -3.97. The second-order valence-electron chi connectivity index (χ2n) is 9.39. The van der Waals surface area contributed by atoms with E-state index in [1.807, 2.05) is 54.6 Å². The molecule has 2 unspecified atom stereocenters. The highest BCUT2D eigenvalue weighted by atomic mass is 32.2. The van der Waals surface area contributed by atoms with Crippen LogP contribution in [0.25, 0.3) is 10.8 Å². The lowest BCUT2D eigenvalue weighted by Crippen LogP contribution is -2.50. The zero-order valence-electron chi connectivity index (χ0n) is 20.8.